The van der Waals surface area contributed by atoms with Gasteiger partial charge in [-0.15, -0.1) is 8.88 Å². The van der Waals surface area contributed by atoms with E-state index < -0.39 is 43.2 Å². The summed E-state index contributed by atoms with van der Waals surface area (Å²) in [7, 11) is -18.0. The molecule has 4 aliphatic heterocycles. The molecule has 0 saturated carbocycles. The largest absolute Gasteiger partial charge is 0.429 e. The average Bonchev–Trinajstić information content (AvgIpc) is 3.33. The van der Waals surface area contributed by atoms with Gasteiger partial charge in [0.1, 0.15) is 23.0 Å². The molecule has 8 aromatic rings. The van der Waals surface area contributed by atoms with Crippen LogP contribution in [0.25, 0.3) is 44.5 Å². The summed E-state index contributed by atoms with van der Waals surface area (Å²) in [6.07, 6.45) is 0. The molecule has 0 N–H and O–H groups in total. The minimum absolute atomic E-state index is 0.301. The lowest BCUT2D eigenvalue weighted by atomic mass is 10.0. The molecule has 12 rings (SSSR count). The molecule has 0 radical (unpaired) electrons. The van der Waals surface area contributed by atoms with Gasteiger partial charge in [0.15, 0.2) is 0 Å². The van der Waals surface area contributed by atoms with E-state index in [0.29, 0.717) is 88.7 Å². The van der Waals surface area contributed by atoms with Gasteiger partial charge in [-0.2, -0.15) is 0 Å². The van der Waals surface area contributed by atoms with Gasteiger partial charge in [-0.3, -0.25) is 18.3 Å². The second kappa shape index (κ2) is 14.7. The summed E-state index contributed by atoms with van der Waals surface area (Å²) in [6.45, 7) is -0.841. The van der Waals surface area contributed by atoms with Crippen LogP contribution in [0.15, 0.2) is 194 Å². The van der Waals surface area contributed by atoms with E-state index in [1.54, 1.807) is 97.1 Å². The topological polar surface area (TPSA) is 112 Å². The Balaban J connectivity index is 1.10. The third kappa shape index (κ3) is 5.74. The molecule has 64 heavy (non-hydrogen) atoms. The summed E-state index contributed by atoms with van der Waals surface area (Å²) in [5, 5.41) is 1.20. The summed E-state index contributed by atoms with van der Waals surface area (Å²) >= 11 is 0. The molecule has 4 heterocycles. The van der Waals surface area contributed by atoms with Crippen molar-refractivity contribution in [2.75, 3.05) is 13.1 Å². The van der Waals surface area contributed by atoms with Crippen LogP contribution in [0.5, 0.6) is 23.0 Å². The maximum atomic E-state index is 16.6. The molecule has 0 fully saturated rings. The first-order chi connectivity index (χ1) is 31.2. The minimum atomic E-state index is -4.51. The first-order valence-electron chi connectivity index (χ1n) is 20.7. The summed E-state index contributed by atoms with van der Waals surface area (Å²) in [4.78, 5) is 0. The van der Waals surface area contributed by atoms with E-state index in [1.807, 2.05) is 97.1 Å². The molecule has 0 aliphatic carbocycles. The van der Waals surface area contributed by atoms with Crippen LogP contribution in [-0.4, -0.2) is 22.0 Å². The van der Waals surface area contributed by atoms with Crippen LogP contribution in [-0.2, 0) is 18.3 Å². The standard InChI is InChI=1S/C50H36N2O8P4/c53-61(47-29-13-5-21-39(47)35-17-1-9-25-43(35)57-61)51(62(54)48-30-14-6-22-40(48)36-18-2-10-26-44(36)58-62)33-34-52(63(55)49-31-15-7-23-41(49)37-19-3-11-27-45(37)59-63)64(56)50-32-16-8-24-42(50)38-20-4-12-28-46(38)60-64/h1-32H,33-34H2. The molecule has 0 saturated heterocycles. The lowest BCUT2D eigenvalue weighted by Crippen LogP contribution is -2.42. The van der Waals surface area contributed by atoms with Crippen LogP contribution < -0.4 is 39.3 Å². The van der Waals surface area contributed by atoms with E-state index in [2.05, 4.69) is 0 Å². The van der Waals surface area contributed by atoms with E-state index in [0.717, 1.165) is 0 Å². The van der Waals surface area contributed by atoms with E-state index in [-0.39, 0.29) is 0 Å². The maximum absolute atomic E-state index is 16.6. The molecule has 4 aliphatic rings. The number of nitrogens with zero attached hydrogens (tertiary/aromatic N) is 2. The zero-order valence-corrected chi connectivity index (χ0v) is 37.4. The van der Waals surface area contributed by atoms with Gasteiger partial charge in [-0.1, -0.05) is 146 Å². The number of fused-ring (bicyclic) bond motifs is 12. The Morgan fingerprint density at radius 3 is 0.688 bits per heavy atom. The predicted molar refractivity (Wildman–Crippen MR) is 252 cm³/mol. The zero-order valence-electron chi connectivity index (χ0n) is 33.8. The Morgan fingerprint density at radius 2 is 0.453 bits per heavy atom. The minimum Gasteiger partial charge on any atom is -0.429 e. The van der Waals surface area contributed by atoms with Crippen LogP contribution in [0.2, 0.25) is 0 Å². The highest BCUT2D eigenvalue weighted by Crippen LogP contribution is 2.73. The highest BCUT2D eigenvalue weighted by molar-refractivity contribution is 7.81. The number of benzene rings is 8. The van der Waals surface area contributed by atoms with Crippen molar-refractivity contribution in [1.29, 1.82) is 0 Å². The molecule has 314 valence electrons. The van der Waals surface area contributed by atoms with Gasteiger partial charge in [-0.25, -0.2) is 0 Å². The van der Waals surface area contributed by atoms with Gasteiger partial charge in [0.05, 0.1) is 21.2 Å². The molecule has 14 heteroatoms. The molecule has 8 aromatic carbocycles. The molecule has 0 amide bonds. The molecular formula is C50H36N2O8P4. The normalized spacial score (nSPS) is 22.8. The van der Waals surface area contributed by atoms with Crippen LogP contribution in [0.3, 0.4) is 0 Å². The van der Waals surface area contributed by atoms with Gasteiger partial charge >= 0.3 is 30.1 Å². The van der Waals surface area contributed by atoms with Crippen molar-refractivity contribution in [2.24, 2.45) is 0 Å². The summed E-state index contributed by atoms with van der Waals surface area (Å²) in [5.41, 5.74) is 5.39. The fourth-order valence-corrected chi connectivity index (χ4v) is 21.3. The van der Waals surface area contributed by atoms with Crippen molar-refractivity contribution in [1.82, 2.24) is 8.88 Å². The maximum Gasteiger partial charge on any atom is 0.358 e. The smallest absolute Gasteiger partial charge is 0.358 e. The predicted octanol–water partition coefficient (Wildman–Crippen LogP) is 11.9. The molecule has 4 unspecified atom stereocenters. The summed E-state index contributed by atoms with van der Waals surface area (Å²) < 4.78 is 96.0. The quantitative estimate of drug-likeness (QED) is 0.143. The number of rotatable bonds is 7. The van der Waals surface area contributed by atoms with Crippen molar-refractivity contribution in [2.45, 2.75) is 0 Å². The second-order valence-electron chi connectivity index (χ2n) is 15.7. The monoisotopic (exact) mass is 916 g/mol. The fourth-order valence-electron chi connectivity index (χ4n) is 9.30. The Labute approximate surface area is 369 Å². The molecule has 10 nitrogen and oxygen atoms in total. The Morgan fingerprint density at radius 1 is 0.266 bits per heavy atom. The van der Waals surface area contributed by atoms with E-state index in [1.165, 1.54) is 8.88 Å². The molecular weight excluding hydrogens is 880 g/mol. The first kappa shape index (κ1) is 39.4. The Hall–Kier alpha value is -6.20. The van der Waals surface area contributed by atoms with Crippen LogP contribution >= 0.6 is 30.1 Å². The average molecular weight is 917 g/mol. The number of hydrogen-bond donors (Lipinski definition) is 0. The first-order valence-corrected chi connectivity index (χ1v) is 27.0. The summed E-state index contributed by atoms with van der Waals surface area (Å²) in [6, 6.07) is 57.9. The lowest BCUT2D eigenvalue weighted by molar-refractivity contribution is 0.362. The van der Waals surface area contributed by atoms with Crippen LogP contribution in [0.1, 0.15) is 0 Å². The Kier molecular flexibility index (Phi) is 9.03. The van der Waals surface area contributed by atoms with Crippen LogP contribution in [0.4, 0.5) is 0 Å². The molecule has 4 atom stereocenters. The second-order valence-corrected chi connectivity index (χ2v) is 25.1. The molecule has 0 aromatic heterocycles. The SMILES string of the molecule is O=P1(N(CCN(P2(=O)Oc3ccccc3-c3ccccc32)P2(=O)Oc3ccccc3-c3ccccc32)P2(=O)Oc3ccccc3-c3ccccc32)Oc2ccccc2-c2ccccc21. The number of para-hydroxylation sites is 4. The van der Waals surface area contributed by atoms with Crippen molar-refractivity contribution in [3.8, 4) is 67.5 Å². The highest BCUT2D eigenvalue weighted by Gasteiger charge is 2.58. The van der Waals surface area contributed by atoms with Crippen molar-refractivity contribution in [3.63, 3.8) is 0 Å². The summed E-state index contributed by atoms with van der Waals surface area (Å²) in [5.74, 6) is 1.30. The fraction of sp³-hybridized carbons (Fsp3) is 0.0400. The van der Waals surface area contributed by atoms with Gasteiger partial charge in [0, 0.05) is 57.6 Å². The molecule has 0 bridgehead atoms. The van der Waals surface area contributed by atoms with Gasteiger partial charge in [0.2, 0.25) is 0 Å². The van der Waals surface area contributed by atoms with Crippen molar-refractivity contribution < 1.29 is 36.4 Å². The van der Waals surface area contributed by atoms with Crippen molar-refractivity contribution in [3.05, 3.63) is 194 Å². The van der Waals surface area contributed by atoms with Gasteiger partial charge < -0.3 is 18.1 Å². The van der Waals surface area contributed by atoms with E-state index in [4.69, 9.17) is 18.1 Å². The highest BCUT2D eigenvalue weighted by atomic mass is 31.2. The zero-order chi connectivity index (χ0) is 43.3. The van der Waals surface area contributed by atoms with Crippen LogP contribution in [0, 0.1) is 0 Å². The van der Waals surface area contributed by atoms with Crippen molar-refractivity contribution >= 4 is 51.3 Å². The third-order valence-electron chi connectivity index (χ3n) is 12.1. The lowest BCUT2D eigenvalue weighted by Gasteiger charge is -2.44. The molecule has 0 spiro atoms. The van der Waals surface area contributed by atoms with Gasteiger partial charge in [-0.05, 0) is 48.5 Å². The number of hydrogen-bond acceptors (Lipinski definition) is 8. The van der Waals surface area contributed by atoms with E-state index in [9.17, 15) is 0 Å². The Bertz CT molecular complexity index is 3000. The van der Waals surface area contributed by atoms with E-state index >= 15 is 18.3 Å². The third-order valence-corrected chi connectivity index (χ3v) is 24.0. The van der Waals surface area contributed by atoms with Gasteiger partial charge in [0.25, 0.3) is 0 Å².